The van der Waals surface area contributed by atoms with E-state index >= 15 is 0 Å². The van der Waals surface area contributed by atoms with E-state index in [1.165, 1.54) is 0 Å². The minimum atomic E-state index is -0.386. The van der Waals surface area contributed by atoms with E-state index in [1.807, 2.05) is 13.0 Å². The van der Waals surface area contributed by atoms with E-state index in [0.717, 1.165) is 11.1 Å². The maximum atomic E-state index is 12.2. The number of aryl methyl sites for hydroxylation is 1. The largest absolute Gasteiger partial charge is 0.508 e. The van der Waals surface area contributed by atoms with Crippen LogP contribution >= 0.6 is 0 Å². The number of phenolic OH excluding ortho intramolecular Hbond substituents is 1. The summed E-state index contributed by atoms with van der Waals surface area (Å²) in [4.78, 5) is 0. The van der Waals surface area contributed by atoms with Gasteiger partial charge in [-0.25, -0.2) is 0 Å². The lowest BCUT2D eigenvalue weighted by Crippen LogP contribution is -1.94. The highest BCUT2D eigenvalue weighted by Gasteiger charge is 2.05. The zero-order valence-corrected chi connectivity index (χ0v) is 7.34. The molecule has 0 aliphatic carbocycles. The number of hydrogen-bond acceptors (Lipinski definition) is 1. The molecular formula is C10H13FO. The van der Waals surface area contributed by atoms with E-state index in [9.17, 15) is 9.50 Å². The molecule has 0 aliphatic heterocycles. The van der Waals surface area contributed by atoms with Crippen molar-refractivity contribution in [2.24, 2.45) is 0 Å². The lowest BCUT2D eigenvalue weighted by molar-refractivity contribution is 0.442. The van der Waals surface area contributed by atoms with E-state index in [-0.39, 0.29) is 18.3 Å². The van der Waals surface area contributed by atoms with Crippen LogP contribution in [0, 0.1) is 6.92 Å². The lowest BCUT2D eigenvalue weighted by atomic mass is 10.0. The van der Waals surface area contributed by atoms with Crippen molar-refractivity contribution < 1.29 is 9.50 Å². The van der Waals surface area contributed by atoms with Crippen LogP contribution in [0.5, 0.6) is 5.75 Å². The van der Waals surface area contributed by atoms with Crippen LogP contribution in [0.25, 0.3) is 0 Å². The van der Waals surface area contributed by atoms with Crippen molar-refractivity contribution in [3.8, 4) is 5.75 Å². The highest BCUT2D eigenvalue weighted by atomic mass is 19.1. The molecule has 1 atom stereocenters. The topological polar surface area (TPSA) is 20.2 Å². The van der Waals surface area contributed by atoms with Crippen LogP contribution in [-0.2, 0) is 0 Å². The van der Waals surface area contributed by atoms with Crippen molar-refractivity contribution >= 4 is 0 Å². The first-order valence-corrected chi connectivity index (χ1v) is 4.00. The molecule has 0 saturated carbocycles. The maximum Gasteiger partial charge on any atom is 0.118 e. The van der Waals surface area contributed by atoms with E-state index < -0.39 is 0 Å². The average molecular weight is 168 g/mol. The van der Waals surface area contributed by atoms with Gasteiger partial charge in [0.2, 0.25) is 0 Å². The SMILES string of the molecule is Cc1ccc(C(C)CF)cc1O. The normalized spacial score (nSPS) is 12.9. The van der Waals surface area contributed by atoms with Crippen LogP contribution in [0.3, 0.4) is 0 Å². The Labute approximate surface area is 71.9 Å². The van der Waals surface area contributed by atoms with E-state index in [4.69, 9.17) is 0 Å². The van der Waals surface area contributed by atoms with Crippen molar-refractivity contribution in [1.82, 2.24) is 0 Å². The number of benzene rings is 1. The summed E-state index contributed by atoms with van der Waals surface area (Å²) in [6.45, 7) is 3.23. The fourth-order valence-corrected chi connectivity index (χ4v) is 1.02. The Bertz CT molecular complexity index is 271. The van der Waals surface area contributed by atoms with Gasteiger partial charge in [0, 0.05) is 5.92 Å². The van der Waals surface area contributed by atoms with Gasteiger partial charge in [0.1, 0.15) is 5.75 Å². The third-order valence-corrected chi connectivity index (χ3v) is 2.03. The number of aromatic hydroxyl groups is 1. The smallest absolute Gasteiger partial charge is 0.118 e. The van der Waals surface area contributed by atoms with Gasteiger partial charge in [-0.2, -0.15) is 0 Å². The molecule has 12 heavy (non-hydrogen) atoms. The number of rotatable bonds is 2. The quantitative estimate of drug-likeness (QED) is 0.719. The molecule has 2 heteroatoms. The molecule has 0 spiro atoms. The molecule has 1 N–H and O–H groups in total. The molecule has 0 radical (unpaired) electrons. The molecule has 1 unspecified atom stereocenters. The Morgan fingerprint density at radius 2 is 2.17 bits per heavy atom. The highest BCUT2D eigenvalue weighted by molar-refractivity contribution is 5.36. The summed E-state index contributed by atoms with van der Waals surface area (Å²) in [5.74, 6) is 0.115. The van der Waals surface area contributed by atoms with E-state index in [1.54, 1.807) is 19.1 Å². The standard InChI is InChI=1S/C10H13FO/c1-7-3-4-9(5-10(7)12)8(2)6-11/h3-5,8,12H,6H2,1-2H3. The Balaban J connectivity index is 2.96. The Hall–Kier alpha value is -1.05. The van der Waals surface area contributed by atoms with Gasteiger partial charge in [0.05, 0.1) is 6.67 Å². The molecule has 0 saturated heterocycles. The molecule has 0 aromatic heterocycles. The summed E-state index contributed by atoms with van der Waals surface area (Å²) in [7, 11) is 0. The van der Waals surface area contributed by atoms with Crippen molar-refractivity contribution in [3.05, 3.63) is 29.3 Å². The first-order chi connectivity index (χ1) is 5.65. The summed E-state index contributed by atoms with van der Waals surface area (Å²) in [6.07, 6.45) is 0. The van der Waals surface area contributed by atoms with Gasteiger partial charge in [-0.3, -0.25) is 4.39 Å². The summed E-state index contributed by atoms with van der Waals surface area (Å²) < 4.78 is 12.2. The van der Waals surface area contributed by atoms with Gasteiger partial charge in [-0.05, 0) is 24.1 Å². The first-order valence-electron chi connectivity index (χ1n) is 4.00. The molecular weight excluding hydrogens is 155 g/mol. The van der Waals surface area contributed by atoms with Gasteiger partial charge >= 0.3 is 0 Å². The van der Waals surface area contributed by atoms with Crippen molar-refractivity contribution in [1.29, 1.82) is 0 Å². The summed E-state index contributed by atoms with van der Waals surface area (Å²) in [5.41, 5.74) is 1.67. The van der Waals surface area contributed by atoms with Crippen LogP contribution in [0.15, 0.2) is 18.2 Å². The number of halogens is 1. The van der Waals surface area contributed by atoms with Crippen LogP contribution in [0.2, 0.25) is 0 Å². The fourth-order valence-electron chi connectivity index (χ4n) is 1.02. The predicted molar refractivity (Wildman–Crippen MR) is 47.2 cm³/mol. The zero-order valence-electron chi connectivity index (χ0n) is 7.34. The minimum absolute atomic E-state index is 0.128. The molecule has 0 fully saturated rings. The van der Waals surface area contributed by atoms with Gasteiger partial charge in [0.25, 0.3) is 0 Å². The molecule has 0 heterocycles. The van der Waals surface area contributed by atoms with Gasteiger partial charge in [0.15, 0.2) is 0 Å². The zero-order chi connectivity index (χ0) is 9.14. The van der Waals surface area contributed by atoms with Gasteiger partial charge in [-0.1, -0.05) is 19.1 Å². The fraction of sp³-hybridized carbons (Fsp3) is 0.400. The van der Waals surface area contributed by atoms with Crippen LogP contribution in [-0.4, -0.2) is 11.8 Å². The van der Waals surface area contributed by atoms with Crippen LogP contribution in [0.4, 0.5) is 4.39 Å². The van der Waals surface area contributed by atoms with Crippen molar-refractivity contribution in [3.63, 3.8) is 0 Å². The number of phenols is 1. The lowest BCUT2D eigenvalue weighted by Gasteiger charge is -2.08. The highest BCUT2D eigenvalue weighted by Crippen LogP contribution is 2.23. The van der Waals surface area contributed by atoms with Crippen LogP contribution in [0.1, 0.15) is 24.0 Å². The minimum Gasteiger partial charge on any atom is -0.508 e. The third-order valence-electron chi connectivity index (χ3n) is 2.03. The Kier molecular flexibility index (Phi) is 2.69. The van der Waals surface area contributed by atoms with Crippen molar-refractivity contribution in [2.75, 3.05) is 6.67 Å². The summed E-state index contributed by atoms with van der Waals surface area (Å²) in [5, 5.41) is 9.32. The first kappa shape index (κ1) is 9.04. The molecule has 66 valence electrons. The molecule has 1 aromatic carbocycles. The van der Waals surface area contributed by atoms with Gasteiger partial charge in [-0.15, -0.1) is 0 Å². The molecule has 0 bridgehead atoms. The Morgan fingerprint density at radius 1 is 1.50 bits per heavy atom. The third kappa shape index (κ3) is 1.76. The van der Waals surface area contributed by atoms with Gasteiger partial charge < -0.3 is 5.11 Å². The van der Waals surface area contributed by atoms with E-state index in [0.29, 0.717) is 0 Å². The monoisotopic (exact) mass is 168 g/mol. The molecule has 1 aromatic rings. The second-order valence-electron chi connectivity index (χ2n) is 3.10. The molecule has 1 rings (SSSR count). The Morgan fingerprint density at radius 3 is 2.67 bits per heavy atom. The molecule has 0 aliphatic rings. The maximum absolute atomic E-state index is 12.2. The van der Waals surface area contributed by atoms with Crippen molar-refractivity contribution in [2.45, 2.75) is 19.8 Å². The number of hydrogen-bond donors (Lipinski definition) is 1. The van der Waals surface area contributed by atoms with E-state index in [2.05, 4.69) is 0 Å². The van der Waals surface area contributed by atoms with Crippen LogP contribution < -0.4 is 0 Å². The predicted octanol–water partition coefficient (Wildman–Crippen LogP) is 2.77. The summed E-state index contributed by atoms with van der Waals surface area (Å²) >= 11 is 0. The number of alkyl halides is 1. The summed E-state index contributed by atoms with van der Waals surface area (Å²) in [6, 6.07) is 5.27. The molecule has 0 amide bonds. The second-order valence-corrected chi connectivity index (χ2v) is 3.10. The average Bonchev–Trinajstić information content (AvgIpc) is 2.08. The second kappa shape index (κ2) is 3.57. The molecule has 1 nitrogen and oxygen atoms in total.